The van der Waals surface area contributed by atoms with Gasteiger partial charge in [0.05, 0.1) is 30.8 Å². The SMILES string of the molecule is C=CCOC(=O)C1=C(C)N=C2SC=C(CC(=O)NCc3ccc(F)cc3)N2[C@H]1c1ccccc1OC. The van der Waals surface area contributed by atoms with E-state index in [0.29, 0.717) is 27.9 Å². The number of benzene rings is 2. The standard InChI is InChI=1S/C27H26FN3O4S/c1-4-13-35-26(33)24-17(2)30-27-31(25(24)21-7-5-6-8-22(21)34-3)20(16-36-27)14-23(32)29-15-18-9-11-19(28)12-10-18/h4-12,16,25H,1,13-15H2,2-3H3,(H,29,32)/t25-/m0/s1. The molecular weight excluding hydrogens is 481 g/mol. The third-order valence-corrected chi connectivity index (χ3v) is 6.62. The Morgan fingerprint density at radius 2 is 1.97 bits per heavy atom. The molecule has 0 saturated heterocycles. The number of aliphatic imine (C=N–C) groups is 1. The predicted molar refractivity (Wildman–Crippen MR) is 137 cm³/mol. The quantitative estimate of drug-likeness (QED) is 0.386. The molecule has 1 amide bonds. The zero-order valence-corrected chi connectivity index (χ0v) is 20.8. The van der Waals surface area contributed by atoms with Crippen molar-refractivity contribution in [3.8, 4) is 5.75 Å². The molecule has 0 bridgehead atoms. The van der Waals surface area contributed by atoms with E-state index in [2.05, 4.69) is 16.9 Å². The number of amides is 1. The van der Waals surface area contributed by atoms with Crippen LogP contribution in [0.5, 0.6) is 5.75 Å². The molecule has 186 valence electrons. The van der Waals surface area contributed by atoms with Crippen molar-refractivity contribution >= 4 is 28.8 Å². The van der Waals surface area contributed by atoms with Crippen LogP contribution in [0.4, 0.5) is 4.39 Å². The van der Waals surface area contributed by atoms with Crippen molar-refractivity contribution in [1.29, 1.82) is 0 Å². The van der Waals surface area contributed by atoms with Gasteiger partial charge >= 0.3 is 5.97 Å². The van der Waals surface area contributed by atoms with Gasteiger partial charge in [-0.2, -0.15) is 0 Å². The highest BCUT2D eigenvalue weighted by atomic mass is 32.2. The van der Waals surface area contributed by atoms with E-state index in [-0.39, 0.29) is 31.3 Å². The number of hydrogen-bond donors (Lipinski definition) is 1. The summed E-state index contributed by atoms with van der Waals surface area (Å²) >= 11 is 1.39. The third-order valence-electron chi connectivity index (χ3n) is 5.73. The fourth-order valence-corrected chi connectivity index (χ4v) is 5.02. The molecule has 0 spiro atoms. The molecule has 0 radical (unpaired) electrons. The molecule has 2 aromatic carbocycles. The van der Waals surface area contributed by atoms with Crippen LogP contribution in [0.1, 0.15) is 30.5 Å². The Balaban J connectivity index is 1.62. The van der Waals surface area contributed by atoms with E-state index >= 15 is 0 Å². The molecule has 0 saturated carbocycles. The highest BCUT2D eigenvalue weighted by Gasteiger charge is 2.42. The molecule has 7 nitrogen and oxygen atoms in total. The molecular formula is C27H26FN3O4S. The number of hydrogen-bond acceptors (Lipinski definition) is 7. The van der Waals surface area contributed by atoms with Gasteiger partial charge in [0.2, 0.25) is 5.91 Å². The van der Waals surface area contributed by atoms with Crippen molar-refractivity contribution < 1.29 is 23.5 Å². The molecule has 36 heavy (non-hydrogen) atoms. The molecule has 0 unspecified atom stereocenters. The minimum absolute atomic E-state index is 0.0624. The Morgan fingerprint density at radius 3 is 2.69 bits per heavy atom. The maximum absolute atomic E-state index is 13.2. The lowest BCUT2D eigenvalue weighted by molar-refractivity contribution is -0.138. The van der Waals surface area contributed by atoms with Crippen LogP contribution in [0.15, 0.2) is 88.6 Å². The Hall–Kier alpha value is -3.85. The van der Waals surface area contributed by atoms with Crippen LogP contribution >= 0.6 is 11.8 Å². The fraction of sp³-hybridized carbons (Fsp3) is 0.222. The van der Waals surface area contributed by atoms with Crippen molar-refractivity contribution in [2.75, 3.05) is 13.7 Å². The molecule has 1 N–H and O–H groups in total. The first kappa shape index (κ1) is 25.2. The highest BCUT2D eigenvalue weighted by Crippen LogP contribution is 2.46. The summed E-state index contributed by atoms with van der Waals surface area (Å²) in [6.45, 7) is 5.72. The van der Waals surface area contributed by atoms with Gasteiger partial charge in [-0.25, -0.2) is 14.2 Å². The van der Waals surface area contributed by atoms with Crippen LogP contribution in [0.2, 0.25) is 0 Å². The van der Waals surface area contributed by atoms with E-state index in [1.54, 1.807) is 26.2 Å². The number of fused-ring (bicyclic) bond motifs is 1. The first-order valence-electron chi connectivity index (χ1n) is 11.3. The Morgan fingerprint density at radius 1 is 1.22 bits per heavy atom. The lowest BCUT2D eigenvalue weighted by atomic mass is 9.93. The average molecular weight is 508 g/mol. The second-order valence-corrected chi connectivity index (χ2v) is 8.94. The Bertz CT molecular complexity index is 1270. The first-order valence-corrected chi connectivity index (χ1v) is 12.2. The summed E-state index contributed by atoms with van der Waals surface area (Å²) in [5.74, 6) is -0.456. The zero-order chi connectivity index (χ0) is 25.7. The van der Waals surface area contributed by atoms with Crippen molar-refractivity contribution in [3.05, 3.63) is 101 Å². The number of carbonyl (C=O) groups excluding carboxylic acids is 2. The topological polar surface area (TPSA) is 80.2 Å². The van der Waals surface area contributed by atoms with Gasteiger partial charge in [0.1, 0.15) is 18.2 Å². The molecule has 2 heterocycles. The Labute approximate surface area is 213 Å². The van der Waals surface area contributed by atoms with Crippen LogP contribution in [0, 0.1) is 5.82 Å². The molecule has 1 atom stereocenters. The van der Waals surface area contributed by atoms with Gasteiger partial charge < -0.3 is 19.7 Å². The summed E-state index contributed by atoms with van der Waals surface area (Å²) in [6.07, 6.45) is 1.57. The molecule has 9 heteroatoms. The lowest BCUT2D eigenvalue weighted by Gasteiger charge is -2.36. The number of ether oxygens (including phenoxy) is 2. The summed E-state index contributed by atoms with van der Waals surface area (Å²) < 4.78 is 24.2. The summed E-state index contributed by atoms with van der Waals surface area (Å²) in [6, 6.07) is 12.8. The van der Waals surface area contributed by atoms with E-state index in [1.807, 2.05) is 34.6 Å². The minimum atomic E-state index is -0.600. The zero-order valence-electron chi connectivity index (χ0n) is 20.0. The Kier molecular flexibility index (Phi) is 7.90. The van der Waals surface area contributed by atoms with Crippen LogP contribution in [-0.2, 0) is 20.9 Å². The molecule has 2 aliphatic heterocycles. The van der Waals surface area contributed by atoms with Gasteiger partial charge in [0, 0.05) is 17.8 Å². The molecule has 0 fully saturated rings. The first-order chi connectivity index (χ1) is 17.4. The maximum Gasteiger partial charge on any atom is 0.338 e. The normalized spacial score (nSPS) is 16.6. The van der Waals surface area contributed by atoms with E-state index in [1.165, 1.54) is 30.0 Å². The highest BCUT2D eigenvalue weighted by molar-refractivity contribution is 8.16. The summed E-state index contributed by atoms with van der Waals surface area (Å²) in [5.41, 5.74) is 3.13. The molecule has 2 aliphatic rings. The smallest absolute Gasteiger partial charge is 0.338 e. The number of amidine groups is 1. The van der Waals surface area contributed by atoms with Gasteiger partial charge in [-0.3, -0.25) is 4.79 Å². The van der Waals surface area contributed by atoms with Gasteiger partial charge in [-0.15, -0.1) is 0 Å². The lowest BCUT2D eigenvalue weighted by Crippen LogP contribution is -2.38. The van der Waals surface area contributed by atoms with Crippen molar-refractivity contribution in [2.24, 2.45) is 4.99 Å². The largest absolute Gasteiger partial charge is 0.496 e. The predicted octanol–water partition coefficient (Wildman–Crippen LogP) is 4.84. The third kappa shape index (κ3) is 5.36. The van der Waals surface area contributed by atoms with Crippen molar-refractivity contribution in [1.82, 2.24) is 10.2 Å². The van der Waals surface area contributed by atoms with E-state index in [0.717, 1.165) is 11.1 Å². The minimum Gasteiger partial charge on any atom is -0.496 e. The molecule has 4 rings (SSSR count). The number of thioether (sulfide) groups is 1. The number of halogens is 1. The van der Waals surface area contributed by atoms with Gasteiger partial charge in [0.15, 0.2) is 5.17 Å². The van der Waals surface area contributed by atoms with Gasteiger partial charge in [-0.05, 0) is 36.1 Å². The summed E-state index contributed by atoms with van der Waals surface area (Å²) in [4.78, 5) is 32.5. The molecule has 0 aromatic heterocycles. The van der Waals surface area contributed by atoms with Gasteiger partial charge in [-0.1, -0.05) is 54.7 Å². The summed E-state index contributed by atoms with van der Waals surface area (Å²) in [5, 5.41) is 5.39. The second kappa shape index (κ2) is 11.3. The molecule has 0 aliphatic carbocycles. The fourth-order valence-electron chi connectivity index (χ4n) is 4.06. The number of carbonyl (C=O) groups is 2. The van der Waals surface area contributed by atoms with Crippen molar-refractivity contribution in [2.45, 2.75) is 25.9 Å². The number of allylic oxidation sites excluding steroid dienone is 1. The summed E-state index contributed by atoms with van der Waals surface area (Å²) in [7, 11) is 1.57. The number of nitrogens with zero attached hydrogens (tertiary/aromatic N) is 2. The number of rotatable bonds is 9. The number of methoxy groups -OCH3 is 1. The van der Waals surface area contributed by atoms with Crippen LogP contribution in [-0.4, -0.2) is 35.7 Å². The van der Waals surface area contributed by atoms with Crippen LogP contribution < -0.4 is 10.1 Å². The van der Waals surface area contributed by atoms with E-state index in [4.69, 9.17) is 9.47 Å². The number of nitrogens with one attached hydrogen (secondary N) is 1. The van der Waals surface area contributed by atoms with E-state index in [9.17, 15) is 14.0 Å². The van der Waals surface area contributed by atoms with Crippen LogP contribution in [0.25, 0.3) is 0 Å². The monoisotopic (exact) mass is 507 g/mol. The number of para-hydroxylation sites is 1. The molecule has 2 aromatic rings. The van der Waals surface area contributed by atoms with Crippen molar-refractivity contribution in [3.63, 3.8) is 0 Å². The van der Waals surface area contributed by atoms with Gasteiger partial charge in [0.25, 0.3) is 0 Å². The maximum atomic E-state index is 13.2. The van der Waals surface area contributed by atoms with E-state index < -0.39 is 12.0 Å². The number of esters is 1. The van der Waals surface area contributed by atoms with Crippen LogP contribution in [0.3, 0.4) is 0 Å². The average Bonchev–Trinajstić information content (AvgIpc) is 3.27. The second-order valence-electron chi connectivity index (χ2n) is 8.10.